The molecule has 0 spiro atoms. The fourth-order valence-electron chi connectivity index (χ4n) is 3.13. The first-order valence-electron chi connectivity index (χ1n) is 10.3. The predicted molar refractivity (Wildman–Crippen MR) is 124 cm³/mol. The van der Waals surface area contributed by atoms with Crippen LogP contribution in [-0.4, -0.2) is 28.0 Å². The summed E-state index contributed by atoms with van der Waals surface area (Å²) in [5.41, 5.74) is 0.708. The van der Waals surface area contributed by atoms with E-state index in [-0.39, 0.29) is 11.4 Å². The van der Waals surface area contributed by atoms with E-state index in [0.717, 1.165) is 5.56 Å². The Labute approximate surface area is 192 Å². The number of ether oxygens (including phenoxy) is 2. The van der Waals surface area contributed by atoms with Crippen molar-refractivity contribution in [2.75, 3.05) is 0 Å². The molecule has 0 atom stereocenters. The maximum atomic E-state index is 13.6. The quantitative estimate of drug-likeness (QED) is 0.347. The number of benzene rings is 2. The fourth-order valence-corrected chi connectivity index (χ4v) is 3.26. The van der Waals surface area contributed by atoms with Crippen LogP contribution in [0.15, 0.2) is 42.5 Å². The lowest BCUT2D eigenvalue weighted by Gasteiger charge is -2.21. The third-order valence-corrected chi connectivity index (χ3v) is 4.90. The van der Waals surface area contributed by atoms with E-state index in [1.54, 1.807) is 71.0 Å². The summed E-state index contributed by atoms with van der Waals surface area (Å²) >= 11 is 5.97. The van der Waals surface area contributed by atoms with Gasteiger partial charge in [-0.25, -0.2) is 9.36 Å². The van der Waals surface area contributed by atoms with Crippen molar-refractivity contribution < 1.29 is 23.9 Å². The van der Waals surface area contributed by atoms with Gasteiger partial charge in [0.2, 0.25) is 5.78 Å². The van der Waals surface area contributed by atoms with Crippen molar-refractivity contribution in [3.8, 4) is 5.75 Å². The second-order valence-electron chi connectivity index (χ2n) is 8.93. The van der Waals surface area contributed by atoms with Crippen molar-refractivity contribution >= 4 is 40.3 Å². The minimum atomic E-state index is -0.799. The van der Waals surface area contributed by atoms with E-state index in [9.17, 15) is 14.4 Å². The van der Waals surface area contributed by atoms with E-state index in [0.29, 0.717) is 21.5 Å². The molecule has 0 amide bonds. The van der Waals surface area contributed by atoms with Crippen LogP contribution < -0.4 is 4.74 Å². The van der Waals surface area contributed by atoms with E-state index < -0.39 is 29.4 Å². The number of esters is 1. The van der Waals surface area contributed by atoms with Gasteiger partial charge in [-0.2, -0.15) is 0 Å². The Morgan fingerprint density at radius 2 is 1.62 bits per heavy atom. The summed E-state index contributed by atoms with van der Waals surface area (Å²) in [4.78, 5) is 39.4. The van der Waals surface area contributed by atoms with Crippen molar-refractivity contribution in [2.45, 2.75) is 47.1 Å². The predicted octanol–water partition coefficient (Wildman–Crippen LogP) is 6.18. The third-order valence-electron chi connectivity index (χ3n) is 4.65. The van der Waals surface area contributed by atoms with Crippen LogP contribution in [0.1, 0.15) is 56.2 Å². The van der Waals surface area contributed by atoms with Gasteiger partial charge < -0.3 is 9.47 Å². The first-order chi connectivity index (χ1) is 14.9. The highest BCUT2D eigenvalue weighted by atomic mass is 35.5. The first-order valence-corrected chi connectivity index (χ1v) is 10.7. The highest BCUT2D eigenvalue weighted by molar-refractivity contribution is 6.30. The number of aromatic nitrogens is 1. The van der Waals surface area contributed by atoms with E-state index in [1.165, 1.54) is 4.57 Å². The molecule has 32 heavy (non-hydrogen) atoms. The number of carbonyl (C=O) groups excluding carboxylic acids is 3. The maximum Gasteiger partial charge on any atom is 0.419 e. The molecule has 1 aromatic heterocycles. The van der Waals surface area contributed by atoms with Crippen LogP contribution in [0.5, 0.6) is 5.75 Å². The van der Waals surface area contributed by atoms with Gasteiger partial charge in [0.05, 0.1) is 11.4 Å². The molecule has 0 bridgehead atoms. The van der Waals surface area contributed by atoms with Gasteiger partial charge in [-0.05, 0) is 69.7 Å². The van der Waals surface area contributed by atoms with Gasteiger partial charge >= 0.3 is 12.1 Å². The van der Waals surface area contributed by atoms with Crippen molar-refractivity contribution in [3.63, 3.8) is 0 Å². The Kier molecular flexibility index (Phi) is 6.46. The molecule has 0 fully saturated rings. The van der Waals surface area contributed by atoms with Crippen molar-refractivity contribution in [1.29, 1.82) is 0 Å². The summed E-state index contributed by atoms with van der Waals surface area (Å²) in [6.45, 7) is 10.5. The van der Waals surface area contributed by atoms with Gasteiger partial charge in [0, 0.05) is 16.0 Å². The molecule has 168 valence electrons. The van der Waals surface area contributed by atoms with Crippen LogP contribution in [0.4, 0.5) is 4.79 Å². The molecule has 6 nitrogen and oxygen atoms in total. The molecule has 3 aromatic rings. The Morgan fingerprint density at radius 1 is 1.00 bits per heavy atom. The Bertz CT molecular complexity index is 1200. The number of hydrogen-bond donors (Lipinski definition) is 0. The summed E-state index contributed by atoms with van der Waals surface area (Å²) in [6, 6.07) is 11.6. The summed E-state index contributed by atoms with van der Waals surface area (Å²) in [5, 5.41) is 0.934. The molecule has 0 N–H and O–H groups in total. The second-order valence-corrected chi connectivity index (χ2v) is 9.36. The van der Waals surface area contributed by atoms with Crippen LogP contribution in [0, 0.1) is 12.8 Å². The lowest BCUT2D eigenvalue weighted by atomic mass is 10.1. The van der Waals surface area contributed by atoms with E-state index in [4.69, 9.17) is 21.1 Å². The smallest absolute Gasteiger partial charge is 0.419 e. The number of fused-ring (bicyclic) bond motifs is 1. The molecule has 0 aliphatic carbocycles. The summed E-state index contributed by atoms with van der Waals surface area (Å²) in [7, 11) is 0. The van der Waals surface area contributed by atoms with Crippen LogP contribution in [0.2, 0.25) is 5.02 Å². The zero-order chi connectivity index (χ0) is 23.8. The van der Waals surface area contributed by atoms with Gasteiger partial charge in [-0.3, -0.25) is 9.59 Å². The van der Waals surface area contributed by atoms with Crippen LogP contribution in [0.25, 0.3) is 10.9 Å². The van der Waals surface area contributed by atoms with Gasteiger partial charge in [-0.15, -0.1) is 0 Å². The van der Waals surface area contributed by atoms with Gasteiger partial charge in [0.15, 0.2) is 5.75 Å². The SMILES string of the molecule is Cc1ccc2c(OC(=O)C(C)C)c(C(=O)c3ccc(Cl)cc3)n(C(=O)OC(C)(C)C)c2c1. The highest BCUT2D eigenvalue weighted by Crippen LogP contribution is 2.37. The Hall–Kier alpha value is -3.12. The first kappa shape index (κ1) is 23.5. The van der Waals surface area contributed by atoms with Gasteiger partial charge in [-0.1, -0.05) is 31.5 Å². The molecular weight excluding hydrogens is 430 g/mol. The minimum absolute atomic E-state index is 0.0320. The zero-order valence-electron chi connectivity index (χ0n) is 19.0. The molecule has 7 heteroatoms. The summed E-state index contributed by atoms with van der Waals surface area (Å²) in [6.07, 6.45) is -0.739. The molecular formula is C25H26ClNO5. The molecule has 0 radical (unpaired) electrons. The van der Waals surface area contributed by atoms with Crippen LogP contribution >= 0.6 is 11.6 Å². The summed E-state index contributed by atoms with van der Waals surface area (Å²) in [5.74, 6) is -1.41. The van der Waals surface area contributed by atoms with E-state index in [1.807, 2.05) is 13.0 Å². The van der Waals surface area contributed by atoms with E-state index >= 15 is 0 Å². The molecule has 1 heterocycles. The largest absolute Gasteiger partial charge is 0.443 e. The maximum absolute atomic E-state index is 13.6. The Morgan fingerprint density at radius 3 is 2.19 bits per heavy atom. The Balaban J connectivity index is 2.34. The van der Waals surface area contributed by atoms with Crippen molar-refractivity contribution in [3.05, 3.63) is 64.3 Å². The monoisotopic (exact) mass is 455 g/mol. The zero-order valence-corrected chi connectivity index (χ0v) is 19.7. The second kappa shape index (κ2) is 8.79. The normalized spacial score (nSPS) is 11.6. The molecule has 0 saturated heterocycles. The fraction of sp³-hybridized carbons (Fsp3) is 0.320. The highest BCUT2D eigenvalue weighted by Gasteiger charge is 2.32. The standard InChI is InChI=1S/C25H26ClNO5/c1-14(2)23(29)31-22-18-12-7-15(3)13-19(18)27(24(30)32-25(4,5)6)20(22)21(28)16-8-10-17(26)11-9-16/h7-14H,1-6H3. The average Bonchev–Trinajstić information content (AvgIpc) is 2.99. The van der Waals surface area contributed by atoms with Crippen molar-refractivity contribution in [1.82, 2.24) is 4.57 Å². The average molecular weight is 456 g/mol. The van der Waals surface area contributed by atoms with Crippen molar-refractivity contribution in [2.24, 2.45) is 5.92 Å². The van der Waals surface area contributed by atoms with Crippen LogP contribution in [0.3, 0.4) is 0 Å². The number of hydrogen-bond acceptors (Lipinski definition) is 5. The van der Waals surface area contributed by atoms with Crippen LogP contribution in [-0.2, 0) is 9.53 Å². The molecule has 3 rings (SSSR count). The molecule has 0 saturated carbocycles. The lowest BCUT2D eigenvalue weighted by molar-refractivity contribution is -0.137. The van der Waals surface area contributed by atoms with Gasteiger partial charge in [0.25, 0.3) is 0 Å². The van der Waals surface area contributed by atoms with E-state index in [2.05, 4.69) is 0 Å². The number of aryl methyl sites for hydroxylation is 1. The lowest BCUT2D eigenvalue weighted by Crippen LogP contribution is -2.29. The number of nitrogens with zero attached hydrogens (tertiary/aromatic N) is 1. The van der Waals surface area contributed by atoms with Gasteiger partial charge in [0.1, 0.15) is 11.3 Å². The number of rotatable bonds is 4. The molecule has 0 unspecified atom stereocenters. The molecule has 2 aromatic carbocycles. The molecule has 0 aliphatic heterocycles. The number of carbonyl (C=O) groups is 3. The number of halogens is 1. The third kappa shape index (κ3) is 4.86. The minimum Gasteiger partial charge on any atom is -0.443 e. The summed E-state index contributed by atoms with van der Waals surface area (Å²) < 4.78 is 12.5. The number of ketones is 1. The molecule has 0 aliphatic rings. The topological polar surface area (TPSA) is 74.6 Å².